The molecule has 1 heterocycles. The molecule has 1 aromatic carbocycles. The lowest BCUT2D eigenvalue weighted by Gasteiger charge is -2.05. The minimum atomic E-state index is -0.340. The Bertz CT molecular complexity index is 496. The number of aryl methyl sites for hydroxylation is 1. The Morgan fingerprint density at radius 3 is 2.94 bits per heavy atom. The average Bonchev–Trinajstić information content (AvgIpc) is 2.63. The highest BCUT2D eigenvalue weighted by Gasteiger charge is 2.03. The molecular weight excluding hydrogens is 225 g/mol. The minimum absolute atomic E-state index is 0.340. The van der Waals surface area contributed by atoms with E-state index in [2.05, 4.69) is 10.3 Å². The maximum atomic E-state index is 13.4. The SMILES string of the molecule is Cc1cnc(CNc2ccc(N)cc2F)s1. The Kier molecular flexibility index (Phi) is 3.05. The molecule has 0 saturated heterocycles. The van der Waals surface area contributed by atoms with E-state index in [0.29, 0.717) is 17.9 Å². The molecule has 2 aromatic rings. The van der Waals surface area contributed by atoms with Crippen LogP contribution < -0.4 is 11.1 Å². The Balaban J connectivity index is 2.04. The van der Waals surface area contributed by atoms with Crippen LogP contribution in [0.4, 0.5) is 15.8 Å². The molecule has 0 unspecified atom stereocenters. The highest BCUT2D eigenvalue weighted by Crippen LogP contribution is 2.19. The maximum Gasteiger partial charge on any atom is 0.148 e. The lowest BCUT2D eigenvalue weighted by molar-refractivity contribution is 0.631. The van der Waals surface area contributed by atoms with Gasteiger partial charge in [0.05, 0.1) is 12.2 Å². The van der Waals surface area contributed by atoms with Crippen LogP contribution in [0, 0.1) is 12.7 Å². The number of benzene rings is 1. The second-order valence-corrected chi connectivity index (χ2v) is 4.78. The van der Waals surface area contributed by atoms with Gasteiger partial charge in [-0.05, 0) is 25.1 Å². The van der Waals surface area contributed by atoms with Crippen LogP contribution in [0.5, 0.6) is 0 Å². The normalized spacial score (nSPS) is 10.4. The Morgan fingerprint density at radius 1 is 1.50 bits per heavy atom. The summed E-state index contributed by atoms with van der Waals surface area (Å²) < 4.78 is 13.4. The third-order valence-corrected chi connectivity index (χ3v) is 3.01. The summed E-state index contributed by atoms with van der Waals surface area (Å²) in [5, 5.41) is 3.93. The number of nitrogens with two attached hydrogens (primary N) is 1. The Labute approximate surface area is 97.1 Å². The molecule has 16 heavy (non-hydrogen) atoms. The lowest BCUT2D eigenvalue weighted by Crippen LogP contribution is -2.01. The number of nitrogens with one attached hydrogen (secondary N) is 1. The fourth-order valence-corrected chi connectivity index (χ4v) is 2.06. The number of anilines is 2. The first kappa shape index (κ1) is 10.9. The summed E-state index contributed by atoms with van der Waals surface area (Å²) in [6, 6.07) is 4.60. The zero-order valence-corrected chi connectivity index (χ0v) is 9.64. The van der Waals surface area contributed by atoms with Gasteiger partial charge in [-0.25, -0.2) is 9.37 Å². The number of nitrogen functional groups attached to an aromatic ring is 1. The summed E-state index contributed by atoms with van der Waals surface area (Å²) >= 11 is 1.60. The van der Waals surface area contributed by atoms with Crippen LogP contribution >= 0.6 is 11.3 Å². The minimum Gasteiger partial charge on any atom is -0.399 e. The van der Waals surface area contributed by atoms with Crippen LogP contribution in [-0.2, 0) is 6.54 Å². The molecular formula is C11H12FN3S. The highest BCUT2D eigenvalue weighted by atomic mass is 32.1. The lowest BCUT2D eigenvalue weighted by atomic mass is 10.2. The second kappa shape index (κ2) is 4.49. The molecule has 0 bridgehead atoms. The van der Waals surface area contributed by atoms with Crippen molar-refractivity contribution in [2.45, 2.75) is 13.5 Å². The van der Waals surface area contributed by atoms with Gasteiger partial charge < -0.3 is 11.1 Å². The number of hydrogen-bond donors (Lipinski definition) is 2. The Hall–Kier alpha value is -1.62. The van der Waals surface area contributed by atoms with Gasteiger partial charge in [-0.2, -0.15) is 0 Å². The number of hydrogen-bond acceptors (Lipinski definition) is 4. The molecule has 5 heteroatoms. The van der Waals surface area contributed by atoms with E-state index in [0.717, 1.165) is 9.88 Å². The molecule has 0 aliphatic rings. The van der Waals surface area contributed by atoms with Crippen LogP contribution in [-0.4, -0.2) is 4.98 Å². The van der Waals surface area contributed by atoms with Crippen molar-refractivity contribution in [3.8, 4) is 0 Å². The van der Waals surface area contributed by atoms with E-state index < -0.39 is 0 Å². The quantitative estimate of drug-likeness (QED) is 0.807. The monoisotopic (exact) mass is 237 g/mol. The number of aromatic nitrogens is 1. The summed E-state index contributed by atoms with van der Waals surface area (Å²) in [5.41, 5.74) is 6.33. The van der Waals surface area contributed by atoms with Crippen LogP contribution in [0.1, 0.15) is 9.88 Å². The van der Waals surface area contributed by atoms with Crippen molar-refractivity contribution >= 4 is 22.7 Å². The van der Waals surface area contributed by atoms with Crippen molar-refractivity contribution in [2.24, 2.45) is 0 Å². The third kappa shape index (κ3) is 2.49. The summed E-state index contributed by atoms with van der Waals surface area (Å²) in [5.74, 6) is -0.340. The first-order valence-corrected chi connectivity index (χ1v) is 5.67. The second-order valence-electron chi connectivity index (χ2n) is 3.46. The van der Waals surface area contributed by atoms with Crippen molar-refractivity contribution in [3.05, 3.63) is 40.1 Å². The topological polar surface area (TPSA) is 50.9 Å². The highest BCUT2D eigenvalue weighted by molar-refractivity contribution is 7.11. The van der Waals surface area contributed by atoms with Crippen molar-refractivity contribution in [1.29, 1.82) is 0 Å². The fourth-order valence-electron chi connectivity index (χ4n) is 1.33. The molecule has 0 saturated carbocycles. The van der Waals surface area contributed by atoms with Crippen molar-refractivity contribution in [2.75, 3.05) is 11.1 Å². The average molecular weight is 237 g/mol. The Morgan fingerprint density at radius 2 is 2.31 bits per heavy atom. The predicted molar refractivity (Wildman–Crippen MR) is 65.0 cm³/mol. The number of halogens is 1. The molecule has 2 rings (SSSR count). The summed E-state index contributed by atoms with van der Waals surface area (Å²) in [6.45, 7) is 2.52. The maximum absolute atomic E-state index is 13.4. The summed E-state index contributed by atoms with van der Waals surface area (Å²) in [7, 11) is 0. The molecule has 84 valence electrons. The first-order chi connectivity index (χ1) is 7.65. The summed E-state index contributed by atoms with van der Waals surface area (Å²) in [4.78, 5) is 5.33. The van der Waals surface area contributed by atoms with E-state index in [4.69, 9.17) is 5.73 Å². The third-order valence-electron chi connectivity index (χ3n) is 2.09. The number of nitrogens with zero attached hydrogens (tertiary/aromatic N) is 1. The van der Waals surface area contributed by atoms with Gasteiger partial charge in [0.15, 0.2) is 0 Å². The van der Waals surface area contributed by atoms with E-state index in [1.54, 1.807) is 29.7 Å². The van der Waals surface area contributed by atoms with E-state index in [1.165, 1.54) is 6.07 Å². The summed E-state index contributed by atoms with van der Waals surface area (Å²) in [6.07, 6.45) is 1.81. The largest absolute Gasteiger partial charge is 0.399 e. The van der Waals surface area contributed by atoms with Gasteiger partial charge in [0.25, 0.3) is 0 Å². The van der Waals surface area contributed by atoms with Crippen LogP contribution in [0.3, 0.4) is 0 Å². The molecule has 0 amide bonds. The molecule has 1 aromatic heterocycles. The molecule has 0 radical (unpaired) electrons. The molecule has 0 aliphatic heterocycles. The van der Waals surface area contributed by atoms with Gasteiger partial charge in [0.2, 0.25) is 0 Å². The van der Waals surface area contributed by atoms with Gasteiger partial charge >= 0.3 is 0 Å². The van der Waals surface area contributed by atoms with E-state index in [-0.39, 0.29) is 5.82 Å². The fraction of sp³-hybridized carbons (Fsp3) is 0.182. The first-order valence-electron chi connectivity index (χ1n) is 4.85. The van der Waals surface area contributed by atoms with Gasteiger partial charge in [0.1, 0.15) is 10.8 Å². The predicted octanol–water partition coefficient (Wildman–Crippen LogP) is 2.78. The van der Waals surface area contributed by atoms with Crippen molar-refractivity contribution < 1.29 is 4.39 Å². The van der Waals surface area contributed by atoms with Gasteiger partial charge in [0, 0.05) is 16.8 Å². The molecule has 0 atom stereocenters. The van der Waals surface area contributed by atoms with E-state index in [1.807, 2.05) is 6.92 Å². The molecule has 3 N–H and O–H groups in total. The van der Waals surface area contributed by atoms with Gasteiger partial charge in [-0.15, -0.1) is 11.3 Å². The molecule has 3 nitrogen and oxygen atoms in total. The van der Waals surface area contributed by atoms with E-state index in [9.17, 15) is 4.39 Å². The van der Waals surface area contributed by atoms with E-state index >= 15 is 0 Å². The molecule has 0 spiro atoms. The van der Waals surface area contributed by atoms with Crippen LogP contribution in [0.2, 0.25) is 0 Å². The molecule has 0 aliphatic carbocycles. The van der Waals surface area contributed by atoms with Crippen LogP contribution in [0.15, 0.2) is 24.4 Å². The number of thiazole rings is 1. The standard InChI is InChI=1S/C11H12FN3S/c1-7-5-15-11(16-7)6-14-10-3-2-8(13)4-9(10)12/h2-5,14H,6,13H2,1H3. The zero-order valence-electron chi connectivity index (χ0n) is 8.83. The number of rotatable bonds is 3. The smallest absolute Gasteiger partial charge is 0.148 e. The van der Waals surface area contributed by atoms with Crippen molar-refractivity contribution in [1.82, 2.24) is 4.98 Å². The van der Waals surface area contributed by atoms with Gasteiger partial charge in [-0.3, -0.25) is 0 Å². The molecule has 0 fully saturated rings. The zero-order chi connectivity index (χ0) is 11.5. The van der Waals surface area contributed by atoms with Crippen LogP contribution in [0.25, 0.3) is 0 Å². The van der Waals surface area contributed by atoms with Gasteiger partial charge in [-0.1, -0.05) is 0 Å². The van der Waals surface area contributed by atoms with Crippen molar-refractivity contribution in [3.63, 3.8) is 0 Å².